The summed E-state index contributed by atoms with van der Waals surface area (Å²) in [7, 11) is 2.69. The number of benzene rings is 1. The Morgan fingerprint density at radius 2 is 1.85 bits per heavy atom. The molecule has 27 heavy (non-hydrogen) atoms. The quantitative estimate of drug-likeness (QED) is 0.578. The van der Waals surface area contributed by atoms with Crippen molar-refractivity contribution in [1.29, 1.82) is 0 Å². The Bertz CT molecular complexity index is 817. The van der Waals surface area contributed by atoms with Crippen molar-refractivity contribution in [3.63, 3.8) is 0 Å². The van der Waals surface area contributed by atoms with Crippen molar-refractivity contribution in [2.24, 2.45) is 5.92 Å². The van der Waals surface area contributed by atoms with E-state index in [0.29, 0.717) is 4.47 Å². The van der Waals surface area contributed by atoms with E-state index >= 15 is 0 Å². The van der Waals surface area contributed by atoms with Crippen LogP contribution in [-0.2, 0) is 20.6 Å². The number of amides is 1. The summed E-state index contributed by atoms with van der Waals surface area (Å²) in [5.74, 6) is -0.533. The molecule has 0 saturated carbocycles. The molecule has 0 atom stereocenters. The molecule has 8 heteroatoms. The van der Waals surface area contributed by atoms with Crippen LogP contribution in [0.2, 0.25) is 0 Å². The highest BCUT2D eigenvalue weighted by Gasteiger charge is 2.26. The van der Waals surface area contributed by atoms with Crippen molar-refractivity contribution >= 4 is 28.0 Å². The van der Waals surface area contributed by atoms with Crippen LogP contribution < -0.4 is 14.8 Å². The second kappa shape index (κ2) is 10.4. The molecule has 0 fully saturated rings. The van der Waals surface area contributed by atoms with Crippen molar-refractivity contribution < 1.29 is 34.0 Å². The van der Waals surface area contributed by atoms with Gasteiger partial charge < -0.3 is 24.3 Å². The zero-order chi connectivity index (χ0) is 24.2. The van der Waals surface area contributed by atoms with E-state index in [4.69, 9.17) is 24.4 Å². The summed E-state index contributed by atoms with van der Waals surface area (Å²) in [6, 6.07) is 2.72. The number of hydrogen-bond acceptors (Lipinski definition) is 6. The molecule has 0 aromatic heterocycles. The highest BCUT2D eigenvalue weighted by Crippen LogP contribution is 2.32. The Morgan fingerprint density at radius 1 is 1.22 bits per heavy atom. The largest absolute Gasteiger partial charge is 0.496 e. The lowest BCUT2D eigenvalue weighted by Crippen LogP contribution is -2.38. The lowest BCUT2D eigenvalue weighted by atomic mass is 10.1. The number of carbonyl (C=O) groups is 2. The number of esters is 1. The lowest BCUT2D eigenvalue weighted by Gasteiger charge is -2.25. The fourth-order valence-electron chi connectivity index (χ4n) is 1.80. The monoisotopic (exact) mass is 449 g/mol. The summed E-state index contributed by atoms with van der Waals surface area (Å²) in [6.07, 6.45) is -3.95. The molecule has 152 valence electrons. The molecular weight excluding hydrogens is 418 g/mol. The van der Waals surface area contributed by atoms with Gasteiger partial charge in [-0.1, -0.05) is 13.8 Å². The van der Waals surface area contributed by atoms with Gasteiger partial charge in [0.15, 0.2) is 0 Å². The molecule has 1 amide bonds. The van der Waals surface area contributed by atoms with Crippen LogP contribution in [0.5, 0.6) is 11.5 Å². The molecule has 0 heterocycles. The predicted octanol–water partition coefficient (Wildman–Crippen LogP) is 3.71. The maximum atomic E-state index is 12.2. The SMILES string of the molecule is [2H]C([2H])(NC(=O)OCC(C)(C)OC(=O)C(C)C)C([2H])([2H])c1cc(OC)c(Br)cc1OC. The maximum absolute atomic E-state index is 12.2. The highest BCUT2D eigenvalue weighted by atomic mass is 79.9. The van der Waals surface area contributed by atoms with E-state index in [0.717, 1.165) is 0 Å². The predicted molar refractivity (Wildman–Crippen MR) is 105 cm³/mol. The second-order valence-corrected chi connectivity index (χ2v) is 7.33. The Labute approximate surface area is 174 Å². The van der Waals surface area contributed by atoms with Crippen LogP contribution in [0.25, 0.3) is 0 Å². The third-order valence-electron chi connectivity index (χ3n) is 3.23. The molecule has 7 nitrogen and oxygen atoms in total. The van der Waals surface area contributed by atoms with E-state index in [1.54, 1.807) is 13.8 Å². The summed E-state index contributed by atoms with van der Waals surface area (Å²) < 4.78 is 54.0. The molecule has 0 aliphatic rings. The first-order valence-corrected chi connectivity index (χ1v) is 8.97. The van der Waals surface area contributed by atoms with Gasteiger partial charge in [0.2, 0.25) is 0 Å². The number of carbonyl (C=O) groups excluding carboxylic acids is 2. The number of aryl methyl sites for hydroxylation is 1. The van der Waals surface area contributed by atoms with Crippen LogP contribution >= 0.6 is 15.9 Å². The molecule has 0 saturated heterocycles. The van der Waals surface area contributed by atoms with Gasteiger partial charge in [0.25, 0.3) is 0 Å². The molecule has 1 rings (SSSR count). The minimum atomic E-state index is -2.89. The van der Waals surface area contributed by atoms with Gasteiger partial charge in [0.05, 0.1) is 24.6 Å². The number of hydrogen-bond donors (Lipinski definition) is 1. The van der Waals surface area contributed by atoms with Crippen LogP contribution in [0, 0.1) is 5.92 Å². The Morgan fingerprint density at radius 3 is 2.41 bits per heavy atom. The standard InChI is InChI=1S/C19H28BrNO6/c1-12(2)17(22)27-19(3,4)11-26-18(23)21-8-7-13-9-16(25-6)14(20)10-15(13)24-5/h9-10,12H,7-8,11H2,1-6H3,(H,21,23)/i7D2,8D2. The smallest absolute Gasteiger partial charge is 0.407 e. The van der Waals surface area contributed by atoms with Crippen molar-refractivity contribution in [2.75, 3.05) is 27.3 Å². The van der Waals surface area contributed by atoms with E-state index in [9.17, 15) is 9.59 Å². The van der Waals surface area contributed by atoms with Crippen molar-refractivity contribution in [2.45, 2.75) is 39.7 Å². The second-order valence-electron chi connectivity index (χ2n) is 6.47. The molecule has 1 aromatic rings. The number of nitrogens with one attached hydrogen (secondary N) is 1. The highest BCUT2D eigenvalue weighted by molar-refractivity contribution is 9.10. The van der Waals surface area contributed by atoms with E-state index in [2.05, 4.69) is 15.9 Å². The minimum Gasteiger partial charge on any atom is -0.496 e. The summed E-state index contributed by atoms with van der Waals surface area (Å²) in [6.45, 7) is 3.14. The van der Waals surface area contributed by atoms with E-state index in [-0.39, 0.29) is 29.6 Å². The average molecular weight is 450 g/mol. The third-order valence-corrected chi connectivity index (χ3v) is 3.85. The molecule has 0 spiro atoms. The lowest BCUT2D eigenvalue weighted by molar-refractivity contribution is -0.163. The molecular formula is C19H28BrNO6. The Kier molecular flexibility index (Phi) is 6.61. The van der Waals surface area contributed by atoms with Crippen molar-refractivity contribution in [3.8, 4) is 11.5 Å². The van der Waals surface area contributed by atoms with Crippen LogP contribution in [0.1, 0.15) is 38.7 Å². The summed E-state index contributed by atoms with van der Waals surface area (Å²) in [4.78, 5) is 23.9. The van der Waals surface area contributed by atoms with Gasteiger partial charge in [-0.05, 0) is 53.8 Å². The van der Waals surface area contributed by atoms with E-state index < -0.39 is 30.5 Å². The van der Waals surface area contributed by atoms with Gasteiger partial charge in [-0.3, -0.25) is 4.79 Å². The third kappa shape index (κ3) is 7.66. The molecule has 1 N–H and O–H groups in total. The van der Waals surface area contributed by atoms with Crippen LogP contribution in [0.3, 0.4) is 0 Å². The van der Waals surface area contributed by atoms with Gasteiger partial charge in [-0.25, -0.2) is 4.79 Å². The Hall–Kier alpha value is -1.96. The van der Waals surface area contributed by atoms with Gasteiger partial charge >= 0.3 is 12.1 Å². The number of alkyl carbamates (subject to hydrolysis) is 1. The molecule has 0 radical (unpaired) electrons. The first-order chi connectivity index (χ1) is 14.1. The summed E-state index contributed by atoms with van der Waals surface area (Å²) >= 11 is 3.26. The molecule has 0 bridgehead atoms. The minimum absolute atomic E-state index is 0.0541. The zero-order valence-electron chi connectivity index (χ0n) is 20.3. The average Bonchev–Trinajstić information content (AvgIpc) is 2.65. The molecule has 0 aliphatic heterocycles. The number of rotatable bonds is 9. The molecule has 1 aromatic carbocycles. The van der Waals surface area contributed by atoms with Crippen LogP contribution in [0.4, 0.5) is 4.79 Å². The summed E-state index contributed by atoms with van der Waals surface area (Å²) in [5.41, 5.74) is -1.32. The fourth-order valence-corrected chi connectivity index (χ4v) is 2.29. The number of ether oxygens (including phenoxy) is 4. The van der Waals surface area contributed by atoms with E-state index in [1.807, 2.05) is 5.32 Å². The number of methoxy groups -OCH3 is 2. The van der Waals surface area contributed by atoms with Crippen LogP contribution in [0.15, 0.2) is 16.6 Å². The first kappa shape index (κ1) is 17.2. The topological polar surface area (TPSA) is 83.1 Å². The number of halogens is 1. The first-order valence-electron chi connectivity index (χ1n) is 10.2. The Balaban J connectivity index is 3.00. The van der Waals surface area contributed by atoms with Gasteiger partial charge in [-0.2, -0.15) is 0 Å². The molecule has 0 unspecified atom stereocenters. The van der Waals surface area contributed by atoms with E-state index in [1.165, 1.54) is 40.2 Å². The van der Waals surface area contributed by atoms with Crippen LogP contribution in [-0.4, -0.2) is 45.0 Å². The van der Waals surface area contributed by atoms with Crippen molar-refractivity contribution in [1.82, 2.24) is 5.32 Å². The van der Waals surface area contributed by atoms with Gasteiger partial charge in [0, 0.05) is 12.0 Å². The maximum Gasteiger partial charge on any atom is 0.407 e. The van der Waals surface area contributed by atoms with Crippen molar-refractivity contribution in [3.05, 3.63) is 22.2 Å². The van der Waals surface area contributed by atoms with Gasteiger partial charge in [-0.15, -0.1) is 0 Å². The zero-order valence-corrected chi connectivity index (χ0v) is 17.9. The van der Waals surface area contributed by atoms with Gasteiger partial charge in [0.1, 0.15) is 23.7 Å². The molecule has 0 aliphatic carbocycles. The summed E-state index contributed by atoms with van der Waals surface area (Å²) in [5, 5.41) is 1.90. The normalized spacial score (nSPS) is 14.4. The fraction of sp³-hybridized carbons (Fsp3) is 0.579.